The quantitative estimate of drug-likeness (QED) is 0.330. The summed E-state index contributed by atoms with van der Waals surface area (Å²) in [5.41, 5.74) is 1.37. The summed E-state index contributed by atoms with van der Waals surface area (Å²) in [5, 5.41) is 0. The van der Waals surface area contributed by atoms with Crippen molar-refractivity contribution in [3.8, 4) is 0 Å². The van der Waals surface area contributed by atoms with Crippen molar-refractivity contribution in [1.82, 2.24) is 0 Å². The second-order valence-corrected chi connectivity index (χ2v) is 4.93. The van der Waals surface area contributed by atoms with E-state index in [9.17, 15) is 4.79 Å². The molecule has 99 valence electrons. The first-order valence-electron chi connectivity index (χ1n) is 6.58. The zero-order valence-electron chi connectivity index (χ0n) is 11.8. The summed E-state index contributed by atoms with van der Waals surface area (Å²) in [4.78, 5) is 11.2. The molecule has 0 amide bonds. The van der Waals surface area contributed by atoms with E-state index in [1.54, 1.807) is 0 Å². The first kappa shape index (κ1) is 16.7. The summed E-state index contributed by atoms with van der Waals surface area (Å²) in [6.45, 7) is 3.28. The van der Waals surface area contributed by atoms with Gasteiger partial charge in [0.1, 0.15) is 0 Å². The Morgan fingerprint density at radius 2 is 2.11 bits per heavy atom. The van der Waals surface area contributed by atoms with Crippen LogP contribution in [-0.2, 0) is 20.7 Å². The van der Waals surface area contributed by atoms with Gasteiger partial charge in [-0.25, -0.2) is 4.79 Å². The van der Waals surface area contributed by atoms with Gasteiger partial charge < -0.3 is 9.47 Å². The third-order valence-electron chi connectivity index (χ3n) is 3.11. The van der Waals surface area contributed by atoms with Crippen LogP contribution in [0.1, 0.15) is 25.3 Å². The van der Waals surface area contributed by atoms with Crippen LogP contribution < -0.4 is 0 Å². The van der Waals surface area contributed by atoms with Gasteiger partial charge in [0.05, 0.1) is 13.2 Å². The minimum absolute atomic E-state index is 0. The molecule has 2 rings (SSSR count). The molecule has 0 saturated carbocycles. The summed E-state index contributed by atoms with van der Waals surface area (Å²) in [6.07, 6.45) is 2.81. The molecular formula is C15H20NaO3. The number of carbonyl (C=O) groups is 1. The number of ether oxygens (including phenoxy) is 2. The molecule has 2 atom stereocenters. The van der Waals surface area contributed by atoms with Crippen LogP contribution in [0.5, 0.6) is 0 Å². The van der Waals surface area contributed by atoms with Gasteiger partial charge in [0.2, 0.25) is 0 Å². The molecule has 0 aliphatic carbocycles. The fourth-order valence-electron chi connectivity index (χ4n) is 2.00. The minimum Gasteiger partial charge on any atom is -0.464 e. The van der Waals surface area contributed by atoms with Gasteiger partial charge in [-0.3, -0.25) is 0 Å². The third-order valence-corrected chi connectivity index (χ3v) is 3.11. The zero-order chi connectivity index (χ0) is 12.8. The van der Waals surface area contributed by atoms with E-state index in [-0.39, 0.29) is 41.6 Å². The monoisotopic (exact) mass is 271 g/mol. The Morgan fingerprint density at radius 1 is 1.42 bits per heavy atom. The average molecular weight is 271 g/mol. The van der Waals surface area contributed by atoms with Crippen LogP contribution in [0.2, 0.25) is 0 Å². The van der Waals surface area contributed by atoms with Crippen LogP contribution in [0.4, 0.5) is 0 Å². The van der Waals surface area contributed by atoms with Gasteiger partial charge in [0.15, 0.2) is 6.10 Å². The molecule has 4 heteroatoms. The van der Waals surface area contributed by atoms with Crippen LogP contribution in [-0.4, -0.2) is 54.8 Å². The molecule has 1 aliphatic heterocycles. The normalized spacial score (nSPS) is 18.3. The van der Waals surface area contributed by atoms with E-state index in [1.807, 2.05) is 6.07 Å². The Morgan fingerprint density at radius 3 is 2.74 bits per heavy atom. The first-order valence-corrected chi connectivity index (χ1v) is 6.58. The van der Waals surface area contributed by atoms with E-state index in [0.29, 0.717) is 19.1 Å². The Hall–Kier alpha value is -0.350. The van der Waals surface area contributed by atoms with Crippen molar-refractivity contribution in [3.63, 3.8) is 0 Å². The van der Waals surface area contributed by atoms with Crippen LogP contribution >= 0.6 is 0 Å². The van der Waals surface area contributed by atoms with Crippen LogP contribution in [0.15, 0.2) is 30.3 Å². The van der Waals surface area contributed by atoms with Crippen molar-refractivity contribution in [2.75, 3.05) is 13.2 Å². The maximum absolute atomic E-state index is 11.2. The predicted molar refractivity (Wildman–Crippen MR) is 75.0 cm³/mol. The van der Waals surface area contributed by atoms with Gasteiger partial charge in [-0.15, -0.1) is 0 Å². The Bertz CT molecular complexity index is 376. The van der Waals surface area contributed by atoms with E-state index in [0.717, 1.165) is 19.3 Å². The molecule has 1 aliphatic rings. The van der Waals surface area contributed by atoms with Crippen molar-refractivity contribution < 1.29 is 14.3 Å². The summed E-state index contributed by atoms with van der Waals surface area (Å²) in [6, 6.07) is 10.5. The molecule has 1 aromatic rings. The number of hydrogen-bond acceptors (Lipinski definition) is 3. The van der Waals surface area contributed by atoms with Crippen LogP contribution in [0.25, 0.3) is 0 Å². The van der Waals surface area contributed by atoms with Crippen molar-refractivity contribution in [2.24, 2.45) is 5.92 Å². The number of carbonyl (C=O) groups excluding carboxylic acids is 1. The van der Waals surface area contributed by atoms with Gasteiger partial charge in [0.25, 0.3) is 0 Å². The topological polar surface area (TPSA) is 38.8 Å². The van der Waals surface area contributed by atoms with Crippen molar-refractivity contribution in [3.05, 3.63) is 35.9 Å². The molecule has 0 bridgehead atoms. The van der Waals surface area contributed by atoms with Crippen molar-refractivity contribution >= 4 is 35.5 Å². The standard InChI is InChI=1S/C15H20O3.Na/c1-12(10-13-7-3-2-4-8-13)6-5-9-17-15(16)14-11-18-14;/h2-4,7-8,12,14H,5-6,9-11H2,1H3;. The molecule has 1 saturated heterocycles. The molecule has 2 unspecified atom stereocenters. The van der Waals surface area contributed by atoms with Gasteiger partial charge in [-0.05, 0) is 30.7 Å². The number of epoxide rings is 1. The zero-order valence-corrected chi connectivity index (χ0v) is 13.8. The molecule has 19 heavy (non-hydrogen) atoms. The molecule has 0 N–H and O–H groups in total. The van der Waals surface area contributed by atoms with Crippen LogP contribution in [0, 0.1) is 5.92 Å². The molecule has 0 spiro atoms. The second kappa shape index (κ2) is 8.75. The SMILES string of the molecule is CC(CCCOC(=O)C1CO1)Cc1ccccc1.[Na]. The number of esters is 1. The smallest absolute Gasteiger partial charge is 0.337 e. The summed E-state index contributed by atoms with van der Waals surface area (Å²) in [5.74, 6) is 0.411. The maximum Gasteiger partial charge on any atom is 0.337 e. The number of benzene rings is 1. The summed E-state index contributed by atoms with van der Waals surface area (Å²) >= 11 is 0. The predicted octanol–water partition coefficient (Wildman–Crippen LogP) is 2.21. The van der Waals surface area contributed by atoms with Gasteiger partial charge >= 0.3 is 5.97 Å². The Kier molecular flexibility index (Phi) is 7.69. The van der Waals surface area contributed by atoms with Crippen molar-refractivity contribution in [2.45, 2.75) is 32.3 Å². The first-order chi connectivity index (χ1) is 8.75. The molecule has 1 fully saturated rings. The third kappa shape index (κ3) is 6.57. The summed E-state index contributed by atoms with van der Waals surface area (Å²) in [7, 11) is 0. The fourth-order valence-corrected chi connectivity index (χ4v) is 2.00. The molecular weight excluding hydrogens is 251 g/mol. The number of rotatable bonds is 7. The maximum atomic E-state index is 11.2. The molecule has 1 radical (unpaired) electrons. The fraction of sp³-hybridized carbons (Fsp3) is 0.533. The van der Waals surface area contributed by atoms with Gasteiger partial charge in [-0.2, -0.15) is 0 Å². The largest absolute Gasteiger partial charge is 0.464 e. The Labute approximate surface area is 137 Å². The summed E-state index contributed by atoms with van der Waals surface area (Å²) < 4.78 is 9.96. The Balaban J connectivity index is 0.00000180. The average Bonchev–Trinajstić information content (AvgIpc) is 3.20. The number of hydrogen-bond donors (Lipinski definition) is 0. The van der Waals surface area contributed by atoms with E-state index < -0.39 is 0 Å². The molecule has 1 heterocycles. The van der Waals surface area contributed by atoms with Crippen LogP contribution in [0.3, 0.4) is 0 Å². The van der Waals surface area contributed by atoms with E-state index in [1.165, 1.54) is 5.56 Å². The second-order valence-electron chi connectivity index (χ2n) is 4.93. The molecule has 1 aromatic carbocycles. The van der Waals surface area contributed by atoms with E-state index in [4.69, 9.17) is 9.47 Å². The van der Waals surface area contributed by atoms with Crippen molar-refractivity contribution in [1.29, 1.82) is 0 Å². The van der Waals surface area contributed by atoms with Gasteiger partial charge in [0, 0.05) is 29.6 Å². The van der Waals surface area contributed by atoms with E-state index >= 15 is 0 Å². The molecule has 3 nitrogen and oxygen atoms in total. The minimum atomic E-state index is -0.272. The van der Waals surface area contributed by atoms with Gasteiger partial charge in [-0.1, -0.05) is 37.3 Å². The molecule has 0 aromatic heterocycles. The van der Waals surface area contributed by atoms with E-state index in [2.05, 4.69) is 31.2 Å².